The van der Waals surface area contributed by atoms with E-state index in [1.54, 1.807) is 6.08 Å². The largest absolute Gasteiger partial charge is 0.382 e. The van der Waals surface area contributed by atoms with Crippen molar-refractivity contribution in [2.45, 2.75) is 12.8 Å². The van der Waals surface area contributed by atoms with Gasteiger partial charge in [0, 0.05) is 6.21 Å². The molecular formula is C17H14F2N4O2S. The fraction of sp³-hybridized carbons (Fsp3) is 0.176. The minimum atomic E-state index is -0.965. The van der Waals surface area contributed by atoms with E-state index in [9.17, 15) is 18.4 Å². The molecule has 0 bridgehead atoms. The highest BCUT2D eigenvalue weighted by molar-refractivity contribution is 7.18. The van der Waals surface area contributed by atoms with Crippen molar-refractivity contribution in [1.29, 1.82) is 0 Å². The third kappa shape index (κ3) is 3.67. The van der Waals surface area contributed by atoms with E-state index in [0.717, 1.165) is 29.8 Å². The van der Waals surface area contributed by atoms with E-state index in [1.807, 2.05) is 0 Å². The molecule has 1 aliphatic heterocycles. The van der Waals surface area contributed by atoms with Crippen LogP contribution in [0.1, 0.15) is 28.1 Å². The Bertz CT molecular complexity index is 903. The second-order valence-electron chi connectivity index (χ2n) is 5.53. The molecule has 1 unspecified atom stereocenters. The van der Waals surface area contributed by atoms with Crippen molar-refractivity contribution in [3.63, 3.8) is 0 Å². The summed E-state index contributed by atoms with van der Waals surface area (Å²) in [4.78, 5) is 31.4. The molecular weight excluding hydrogens is 362 g/mol. The summed E-state index contributed by atoms with van der Waals surface area (Å²) in [5.41, 5.74) is 5.08. The Balaban J connectivity index is 1.85. The second-order valence-corrected chi connectivity index (χ2v) is 6.53. The number of allylic oxidation sites excluding steroid dienone is 1. The van der Waals surface area contributed by atoms with Crippen molar-refractivity contribution < 1.29 is 18.4 Å². The molecule has 0 aliphatic carbocycles. The zero-order valence-electron chi connectivity index (χ0n) is 13.4. The molecule has 2 aromatic rings. The van der Waals surface area contributed by atoms with Crippen LogP contribution in [0.15, 0.2) is 35.1 Å². The van der Waals surface area contributed by atoms with Gasteiger partial charge < -0.3 is 15.8 Å². The van der Waals surface area contributed by atoms with Gasteiger partial charge in [0.15, 0.2) is 5.13 Å². The number of hydrogen-bond donors (Lipinski definition) is 2. The minimum Gasteiger partial charge on any atom is -0.382 e. The summed E-state index contributed by atoms with van der Waals surface area (Å²) in [6.07, 6.45) is 5.42. The summed E-state index contributed by atoms with van der Waals surface area (Å²) in [5, 5.41) is 3.16. The van der Waals surface area contributed by atoms with Gasteiger partial charge in [-0.15, -0.1) is 0 Å². The fourth-order valence-corrected chi connectivity index (χ4v) is 3.23. The van der Waals surface area contributed by atoms with Crippen LogP contribution in [0.3, 0.4) is 0 Å². The van der Waals surface area contributed by atoms with Crippen LogP contribution in [0.25, 0.3) is 0 Å². The molecule has 26 heavy (non-hydrogen) atoms. The number of carbonyl (C=O) groups excluding carboxylic acids is 2. The van der Waals surface area contributed by atoms with Crippen LogP contribution >= 0.6 is 11.3 Å². The predicted octanol–water partition coefficient (Wildman–Crippen LogP) is 3.17. The first-order chi connectivity index (χ1) is 12.5. The number of ketones is 1. The van der Waals surface area contributed by atoms with Crippen molar-refractivity contribution in [1.82, 2.24) is 4.98 Å². The Kier molecular flexibility index (Phi) is 5.17. The van der Waals surface area contributed by atoms with Gasteiger partial charge >= 0.3 is 0 Å². The number of thiazole rings is 1. The first-order valence-corrected chi connectivity index (χ1v) is 8.53. The second kappa shape index (κ2) is 7.52. The zero-order valence-corrected chi connectivity index (χ0v) is 14.2. The predicted molar refractivity (Wildman–Crippen MR) is 95.3 cm³/mol. The number of carbonyl (C=O) groups is 2. The maximum Gasteiger partial charge on any atom is 0.212 e. The number of benzene rings is 1. The van der Waals surface area contributed by atoms with E-state index in [0.29, 0.717) is 18.7 Å². The Morgan fingerprint density at radius 1 is 1.35 bits per heavy atom. The number of aromatic nitrogens is 1. The van der Waals surface area contributed by atoms with Gasteiger partial charge in [0.05, 0.1) is 11.5 Å². The highest BCUT2D eigenvalue weighted by Crippen LogP contribution is 2.30. The lowest BCUT2D eigenvalue weighted by atomic mass is 10.1. The Hall–Kier alpha value is -2.94. The lowest BCUT2D eigenvalue weighted by Crippen LogP contribution is -2.07. The molecule has 2 heterocycles. The Morgan fingerprint density at radius 3 is 2.77 bits per heavy atom. The summed E-state index contributed by atoms with van der Waals surface area (Å²) in [5.74, 6) is -2.73. The van der Waals surface area contributed by atoms with E-state index >= 15 is 0 Å². The highest BCUT2D eigenvalue weighted by Gasteiger charge is 2.24. The number of anilines is 2. The molecule has 1 aliphatic rings. The van der Waals surface area contributed by atoms with Crippen molar-refractivity contribution in [2.75, 3.05) is 11.1 Å². The third-order valence-corrected chi connectivity index (χ3v) is 4.69. The molecule has 6 nitrogen and oxygen atoms in total. The van der Waals surface area contributed by atoms with Crippen molar-refractivity contribution in [3.8, 4) is 0 Å². The van der Waals surface area contributed by atoms with Gasteiger partial charge in [-0.1, -0.05) is 17.4 Å². The maximum atomic E-state index is 13.8. The molecule has 9 heteroatoms. The van der Waals surface area contributed by atoms with Crippen molar-refractivity contribution >= 4 is 40.6 Å². The number of nitrogens with two attached hydrogens (primary N) is 1. The number of aldehydes is 1. The number of rotatable bonds is 5. The van der Waals surface area contributed by atoms with Gasteiger partial charge in [-0.05, 0) is 31.1 Å². The molecule has 0 radical (unpaired) electrons. The van der Waals surface area contributed by atoms with E-state index in [1.165, 1.54) is 12.3 Å². The van der Waals surface area contributed by atoms with Crippen molar-refractivity contribution in [2.24, 2.45) is 10.9 Å². The van der Waals surface area contributed by atoms with Gasteiger partial charge in [-0.2, -0.15) is 0 Å². The van der Waals surface area contributed by atoms with Crippen LogP contribution in [0, 0.1) is 17.6 Å². The minimum absolute atomic E-state index is 0.0690. The van der Waals surface area contributed by atoms with Crippen LogP contribution in [-0.4, -0.2) is 23.3 Å². The van der Waals surface area contributed by atoms with Crippen molar-refractivity contribution in [3.05, 3.63) is 52.2 Å². The van der Waals surface area contributed by atoms with Crippen LogP contribution < -0.4 is 11.1 Å². The van der Waals surface area contributed by atoms with Crippen LogP contribution in [-0.2, 0) is 4.79 Å². The molecule has 0 spiro atoms. The molecule has 1 aromatic carbocycles. The first-order valence-electron chi connectivity index (χ1n) is 7.71. The number of aliphatic imine (C=N–C) groups is 1. The van der Waals surface area contributed by atoms with E-state index in [2.05, 4.69) is 15.3 Å². The SMILES string of the molecule is Nc1nc(NC2=CCCC(C=O)C=N2)sc1C(=O)c1c(F)cccc1F. The molecule has 1 aromatic heterocycles. The summed E-state index contributed by atoms with van der Waals surface area (Å²) >= 11 is 0.872. The smallest absolute Gasteiger partial charge is 0.212 e. The average molecular weight is 376 g/mol. The van der Waals surface area contributed by atoms with Gasteiger partial charge in [-0.25, -0.2) is 18.8 Å². The zero-order chi connectivity index (χ0) is 18.7. The third-order valence-electron chi connectivity index (χ3n) is 3.70. The summed E-state index contributed by atoms with van der Waals surface area (Å²) in [6, 6.07) is 3.18. The van der Waals surface area contributed by atoms with Crippen LogP contribution in [0.5, 0.6) is 0 Å². The lowest BCUT2D eigenvalue weighted by molar-refractivity contribution is -0.109. The average Bonchev–Trinajstić information content (AvgIpc) is 2.82. The quantitative estimate of drug-likeness (QED) is 0.617. The number of nitrogens with one attached hydrogen (secondary N) is 1. The van der Waals surface area contributed by atoms with Gasteiger partial charge in [0.2, 0.25) is 5.78 Å². The lowest BCUT2D eigenvalue weighted by Gasteiger charge is -2.02. The Labute approximate surface area is 151 Å². The van der Waals surface area contributed by atoms with E-state index < -0.39 is 23.0 Å². The molecule has 1 atom stereocenters. The molecule has 0 fully saturated rings. The fourth-order valence-electron chi connectivity index (χ4n) is 2.39. The molecule has 3 rings (SSSR count). The molecule has 0 saturated carbocycles. The number of halogens is 2. The molecule has 134 valence electrons. The van der Waals surface area contributed by atoms with Crippen LogP contribution in [0.4, 0.5) is 19.7 Å². The standard InChI is InChI=1S/C17H14F2N4O2S/c18-10-4-2-5-11(19)13(10)14(25)15-16(20)23-17(26-15)22-12-6-1-3-9(8-24)7-21-12/h2,4-9H,1,3,20H2,(H,22,23). The number of nitrogen functional groups attached to an aromatic ring is 1. The highest BCUT2D eigenvalue weighted by atomic mass is 32.1. The number of nitrogens with zero attached hydrogens (tertiary/aromatic N) is 2. The number of hydrogen-bond acceptors (Lipinski definition) is 7. The van der Waals surface area contributed by atoms with Crippen LogP contribution in [0.2, 0.25) is 0 Å². The topological polar surface area (TPSA) is 97.4 Å². The first kappa shape index (κ1) is 17.9. The molecule has 0 amide bonds. The van der Waals surface area contributed by atoms with E-state index in [4.69, 9.17) is 5.73 Å². The van der Waals surface area contributed by atoms with Gasteiger partial charge in [-0.3, -0.25) is 4.79 Å². The summed E-state index contributed by atoms with van der Waals surface area (Å²) < 4.78 is 27.6. The monoisotopic (exact) mass is 376 g/mol. The molecule has 3 N–H and O–H groups in total. The summed E-state index contributed by atoms with van der Waals surface area (Å²) in [6.45, 7) is 0. The normalized spacial score (nSPS) is 16.7. The Morgan fingerprint density at radius 2 is 2.08 bits per heavy atom. The van der Waals surface area contributed by atoms with Gasteiger partial charge in [0.1, 0.15) is 34.4 Å². The van der Waals surface area contributed by atoms with E-state index in [-0.39, 0.29) is 21.7 Å². The summed E-state index contributed by atoms with van der Waals surface area (Å²) in [7, 11) is 0. The van der Waals surface area contributed by atoms with Gasteiger partial charge in [0.25, 0.3) is 0 Å². The maximum absolute atomic E-state index is 13.8. The molecule has 0 saturated heterocycles.